The Bertz CT molecular complexity index is 738. The average Bonchev–Trinajstić information content (AvgIpc) is 2.62. The molecule has 1 amide bonds. The van der Waals surface area contributed by atoms with E-state index in [1.807, 2.05) is 13.8 Å². The fourth-order valence-corrected chi connectivity index (χ4v) is 4.72. The number of thioether (sulfide) groups is 1. The molecule has 1 heterocycles. The van der Waals surface area contributed by atoms with E-state index in [9.17, 15) is 18.3 Å². The molecule has 23 heavy (non-hydrogen) atoms. The number of nitrogens with two attached hydrogens (primary N) is 1. The van der Waals surface area contributed by atoms with Crippen LogP contribution in [0.25, 0.3) is 0 Å². The summed E-state index contributed by atoms with van der Waals surface area (Å²) in [5.41, 5.74) is -1.34. The van der Waals surface area contributed by atoms with Crippen LogP contribution in [0.15, 0.2) is 23.1 Å². The Morgan fingerprint density at radius 1 is 1.48 bits per heavy atom. The molecule has 1 aromatic carbocycles. The van der Waals surface area contributed by atoms with E-state index < -0.39 is 21.0 Å². The van der Waals surface area contributed by atoms with Gasteiger partial charge in [0.25, 0.3) is 5.24 Å². The van der Waals surface area contributed by atoms with Crippen molar-refractivity contribution in [1.29, 1.82) is 0 Å². The third-order valence-corrected chi connectivity index (χ3v) is 6.18. The van der Waals surface area contributed by atoms with E-state index in [-0.39, 0.29) is 26.6 Å². The fraction of sp³-hybridized carbons (Fsp3) is 0.500. The van der Waals surface area contributed by atoms with Crippen LogP contribution >= 0.6 is 23.4 Å². The van der Waals surface area contributed by atoms with E-state index >= 15 is 0 Å². The number of aliphatic hydroxyl groups is 1. The van der Waals surface area contributed by atoms with Crippen LogP contribution in [-0.2, 0) is 15.7 Å². The van der Waals surface area contributed by atoms with Crippen molar-refractivity contribution in [2.24, 2.45) is 11.1 Å². The van der Waals surface area contributed by atoms with Gasteiger partial charge in [0.15, 0.2) is 5.72 Å². The molecular weight excluding hydrogens is 360 g/mol. The summed E-state index contributed by atoms with van der Waals surface area (Å²) in [7, 11) is -4.04. The Morgan fingerprint density at radius 3 is 2.61 bits per heavy atom. The van der Waals surface area contributed by atoms with Gasteiger partial charge in [0, 0.05) is 12.1 Å². The third kappa shape index (κ3) is 3.36. The number of carbonyl (C=O) groups excluding carboxylic acids is 1. The Morgan fingerprint density at radius 2 is 2.09 bits per heavy atom. The number of amides is 1. The lowest BCUT2D eigenvalue weighted by Gasteiger charge is -2.37. The molecule has 1 aromatic rings. The quantitative estimate of drug-likeness (QED) is 0.837. The molecule has 6 nitrogen and oxygen atoms in total. The molecule has 0 aromatic heterocycles. The third-order valence-electron chi connectivity index (χ3n) is 3.69. The summed E-state index contributed by atoms with van der Waals surface area (Å²) in [6.45, 7) is 5.92. The molecule has 0 bridgehead atoms. The number of halogens is 1. The molecule has 2 atom stereocenters. The van der Waals surface area contributed by atoms with Gasteiger partial charge in [-0.05, 0) is 25.0 Å². The maximum atomic E-state index is 12.2. The summed E-state index contributed by atoms with van der Waals surface area (Å²) in [6.07, 6.45) is 0. The van der Waals surface area contributed by atoms with Crippen molar-refractivity contribution in [3.63, 3.8) is 0 Å². The van der Waals surface area contributed by atoms with Gasteiger partial charge in [-0.1, -0.05) is 43.3 Å². The topological polar surface area (TPSA) is 101 Å². The minimum Gasteiger partial charge on any atom is -0.366 e. The zero-order valence-electron chi connectivity index (χ0n) is 13.0. The molecule has 2 rings (SSSR count). The summed E-state index contributed by atoms with van der Waals surface area (Å²) in [5, 5.41) is 15.6. The van der Waals surface area contributed by atoms with E-state index in [0.717, 1.165) is 11.8 Å². The molecule has 9 heteroatoms. The molecule has 1 saturated heterocycles. The number of nitrogens with zero attached hydrogens (tertiary/aromatic N) is 1. The monoisotopic (exact) mass is 378 g/mol. The zero-order valence-corrected chi connectivity index (χ0v) is 15.4. The second-order valence-corrected chi connectivity index (χ2v) is 9.18. The van der Waals surface area contributed by atoms with Crippen LogP contribution in [0.5, 0.6) is 0 Å². The summed E-state index contributed by atoms with van der Waals surface area (Å²) in [5.74, 6) is 0.140. The highest BCUT2D eigenvalue weighted by Crippen LogP contribution is 2.45. The van der Waals surface area contributed by atoms with Gasteiger partial charge in [0.2, 0.25) is 10.0 Å². The predicted molar refractivity (Wildman–Crippen MR) is 90.7 cm³/mol. The van der Waals surface area contributed by atoms with Crippen LogP contribution < -0.4 is 5.14 Å². The van der Waals surface area contributed by atoms with Crippen molar-refractivity contribution in [3.05, 3.63) is 28.8 Å². The van der Waals surface area contributed by atoms with Crippen molar-refractivity contribution in [1.82, 2.24) is 4.90 Å². The molecule has 1 aliphatic heterocycles. The lowest BCUT2D eigenvalue weighted by atomic mass is 9.97. The Labute approximate surface area is 145 Å². The van der Waals surface area contributed by atoms with Crippen LogP contribution in [0.3, 0.4) is 0 Å². The number of hydrogen-bond acceptors (Lipinski definition) is 5. The number of sulfonamides is 1. The number of carbonyl (C=O) groups is 1. The van der Waals surface area contributed by atoms with Crippen molar-refractivity contribution < 1.29 is 18.3 Å². The predicted octanol–water partition coefficient (Wildman–Crippen LogP) is 2.35. The molecule has 0 saturated carbocycles. The standard InChI is InChI=1S/C14H19ClN2O4S2/c1-8(2)7-17-13(18)22-9(3)14(17,19)10-4-5-11(15)12(6-10)23(16,20)21/h4-6,8-9,19H,7H2,1-3H3,(H2,16,20,21). The number of primary sulfonamides is 1. The highest BCUT2D eigenvalue weighted by Gasteiger charge is 2.52. The highest BCUT2D eigenvalue weighted by molar-refractivity contribution is 8.14. The minimum atomic E-state index is -4.04. The van der Waals surface area contributed by atoms with E-state index in [2.05, 4.69) is 0 Å². The fourth-order valence-electron chi connectivity index (χ4n) is 2.58. The normalized spacial score (nSPS) is 25.4. The molecule has 1 fully saturated rings. The first-order valence-electron chi connectivity index (χ1n) is 7.01. The lowest BCUT2D eigenvalue weighted by molar-refractivity contribution is -0.0786. The Balaban J connectivity index is 2.59. The van der Waals surface area contributed by atoms with E-state index in [1.165, 1.54) is 23.1 Å². The highest BCUT2D eigenvalue weighted by atomic mass is 35.5. The van der Waals surface area contributed by atoms with Gasteiger partial charge < -0.3 is 10.0 Å². The van der Waals surface area contributed by atoms with Gasteiger partial charge in [0.05, 0.1) is 10.3 Å². The molecule has 0 spiro atoms. The first-order chi connectivity index (χ1) is 10.5. The van der Waals surface area contributed by atoms with Crippen molar-refractivity contribution in [2.45, 2.75) is 36.6 Å². The van der Waals surface area contributed by atoms with Gasteiger partial charge in [-0.25, -0.2) is 13.6 Å². The van der Waals surface area contributed by atoms with Crippen molar-refractivity contribution in [3.8, 4) is 0 Å². The minimum absolute atomic E-state index is 0.0279. The number of rotatable bonds is 4. The van der Waals surface area contributed by atoms with Gasteiger partial charge >= 0.3 is 0 Å². The molecule has 3 N–H and O–H groups in total. The number of hydrogen-bond donors (Lipinski definition) is 2. The smallest absolute Gasteiger partial charge is 0.284 e. The summed E-state index contributed by atoms with van der Waals surface area (Å²) < 4.78 is 23.3. The van der Waals surface area contributed by atoms with Crippen molar-refractivity contribution in [2.75, 3.05) is 6.54 Å². The SMILES string of the molecule is CC(C)CN1C(=O)SC(C)C1(O)c1ccc(Cl)c(S(N)(=O)=O)c1. The largest absolute Gasteiger partial charge is 0.366 e. The molecule has 0 aliphatic carbocycles. The molecule has 1 aliphatic rings. The first-order valence-corrected chi connectivity index (χ1v) is 9.81. The van der Waals surface area contributed by atoms with E-state index in [4.69, 9.17) is 16.7 Å². The summed E-state index contributed by atoms with van der Waals surface area (Å²) in [4.78, 5) is 13.3. The summed E-state index contributed by atoms with van der Waals surface area (Å²) in [6, 6.07) is 4.11. The average molecular weight is 379 g/mol. The Kier molecular flexibility index (Phi) is 5.04. The van der Waals surface area contributed by atoms with Gasteiger partial charge in [-0.3, -0.25) is 4.79 Å². The number of benzene rings is 1. The van der Waals surface area contributed by atoms with Crippen LogP contribution in [0.2, 0.25) is 5.02 Å². The molecule has 128 valence electrons. The first kappa shape index (κ1) is 18.5. The van der Waals surface area contributed by atoms with Gasteiger partial charge in [-0.15, -0.1) is 0 Å². The van der Waals surface area contributed by atoms with Gasteiger partial charge in [0.1, 0.15) is 4.90 Å². The second-order valence-electron chi connectivity index (χ2n) is 5.95. The van der Waals surface area contributed by atoms with Gasteiger partial charge in [-0.2, -0.15) is 0 Å². The van der Waals surface area contributed by atoms with Crippen LogP contribution in [0, 0.1) is 5.92 Å². The van der Waals surface area contributed by atoms with E-state index in [0.29, 0.717) is 6.54 Å². The summed E-state index contributed by atoms with van der Waals surface area (Å²) >= 11 is 6.91. The molecule has 2 unspecified atom stereocenters. The maximum absolute atomic E-state index is 12.2. The van der Waals surface area contributed by atoms with Crippen LogP contribution in [0.1, 0.15) is 26.3 Å². The van der Waals surface area contributed by atoms with Crippen molar-refractivity contribution >= 4 is 38.6 Å². The lowest BCUT2D eigenvalue weighted by Crippen LogP contribution is -2.49. The second kappa shape index (κ2) is 6.25. The maximum Gasteiger partial charge on any atom is 0.284 e. The zero-order chi connectivity index (χ0) is 17.6. The van der Waals surface area contributed by atoms with E-state index in [1.54, 1.807) is 6.92 Å². The Hall–Kier alpha value is -0.800. The van der Waals surface area contributed by atoms with Crippen LogP contribution in [-0.4, -0.2) is 35.5 Å². The van der Waals surface area contributed by atoms with Crippen LogP contribution in [0.4, 0.5) is 4.79 Å². The molecule has 0 radical (unpaired) electrons. The molecular formula is C14H19ClN2O4S2.